The van der Waals surface area contributed by atoms with E-state index in [-0.39, 0.29) is 31.9 Å². The quantitative estimate of drug-likeness (QED) is 0.455. The third kappa shape index (κ3) is 4.91. The lowest BCUT2D eigenvalue weighted by Crippen LogP contribution is -2.30. The Morgan fingerprint density at radius 3 is 2.32 bits per heavy atom. The van der Waals surface area contributed by atoms with E-state index in [1.807, 2.05) is 0 Å². The number of carbonyl (C=O) groups excluding carboxylic acids is 1. The summed E-state index contributed by atoms with van der Waals surface area (Å²) < 4.78 is 46.6. The van der Waals surface area contributed by atoms with Crippen LogP contribution in [0, 0.1) is 11.3 Å². The molecule has 0 saturated heterocycles. The summed E-state index contributed by atoms with van der Waals surface area (Å²) >= 11 is 5.90. The predicted molar refractivity (Wildman–Crippen MR) is 113 cm³/mol. The van der Waals surface area contributed by atoms with Gasteiger partial charge < -0.3 is 0 Å². The minimum atomic E-state index is -3.95. The molecule has 0 saturated carbocycles. The van der Waals surface area contributed by atoms with Crippen LogP contribution < -0.4 is 5.01 Å². The van der Waals surface area contributed by atoms with Gasteiger partial charge in [0.05, 0.1) is 15.5 Å². The largest absolute Gasteiger partial charge is 0.281 e. The van der Waals surface area contributed by atoms with Crippen LogP contribution in [0.1, 0.15) is 0 Å². The summed E-state index contributed by atoms with van der Waals surface area (Å²) in [7, 11) is -2.35. The molecule has 0 aromatic heterocycles. The number of azo groups is 1. The first-order valence-electron chi connectivity index (χ1n) is 8.19. The number of benzene rings is 2. The SMILES string of the molecule is CS(=O)(=O)c1ccc(Cl)cc1N=NC1C(=O)N(c2ccc(S(=O)(=O)Cl)cc2)N=C1C#N. The number of nitrogens with zero attached hydrogens (tertiary/aromatic N) is 5. The predicted octanol–water partition coefficient (Wildman–Crippen LogP) is 3.05. The number of sulfone groups is 1. The van der Waals surface area contributed by atoms with Crippen molar-refractivity contribution in [2.45, 2.75) is 15.8 Å². The number of carbonyl (C=O) groups is 1. The van der Waals surface area contributed by atoms with Crippen molar-refractivity contribution in [3.63, 3.8) is 0 Å². The summed E-state index contributed by atoms with van der Waals surface area (Å²) in [5.41, 5.74) is -0.222. The van der Waals surface area contributed by atoms with E-state index in [0.717, 1.165) is 11.3 Å². The topological polar surface area (TPSA) is 149 Å². The molecule has 1 heterocycles. The maximum absolute atomic E-state index is 12.7. The first-order valence-corrected chi connectivity index (χ1v) is 12.8. The number of halogens is 2. The van der Waals surface area contributed by atoms with Crippen molar-refractivity contribution in [1.82, 2.24) is 0 Å². The Morgan fingerprint density at radius 2 is 1.77 bits per heavy atom. The normalized spacial score (nSPS) is 17.1. The van der Waals surface area contributed by atoms with Crippen LogP contribution in [0.4, 0.5) is 11.4 Å². The van der Waals surface area contributed by atoms with Crippen LogP contribution in [0.25, 0.3) is 0 Å². The molecule has 0 N–H and O–H groups in total. The van der Waals surface area contributed by atoms with Gasteiger partial charge in [-0.25, -0.2) is 16.8 Å². The van der Waals surface area contributed by atoms with Crippen LogP contribution in [-0.4, -0.2) is 40.8 Å². The summed E-state index contributed by atoms with van der Waals surface area (Å²) in [4.78, 5) is 12.4. The Bertz CT molecular complexity index is 1380. The van der Waals surface area contributed by atoms with Gasteiger partial charge in [-0.15, -0.1) is 0 Å². The number of hydrogen-bond donors (Lipinski definition) is 0. The summed E-state index contributed by atoms with van der Waals surface area (Å²) in [6.07, 6.45) is 0.977. The zero-order chi connectivity index (χ0) is 23.0. The molecule has 2 aromatic rings. The molecule has 10 nitrogen and oxygen atoms in total. The zero-order valence-electron chi connectivity index (χ0n) is 15.5. The second-order valence-corrected chi connectivity index (χ2v) is 11.2. The highest BCUT2D eigenvalue weighted by molar-refractivity contribution is 8.13. The van der Waals surface area contributed by atoms with Gasteiger partial charge in [-0.3, -0.25) is 4.79 Å². The number of rotatable bonds is 5. The van der Waals surface area contributed by atoms with Gasteiger partial charge in [0.2, 0.25) is 6.04 Å². The van der Waals surface area contributed by atoms with E-state index < -0.39 is 30.8 Å². The van der Waals surface area contributed by atoms with Crippen LogP contribution in [0.15, 0.2) is 67.6 Å². The van der Waals surface area contributed by atoms with Crippen LogP contribution in [0.2, 0.25) is 5.02 Å². The Labute approximate surface area is 186 Å². The Kier molecular flexibility index (Phi) is 6.15. The lowest BCUT2D eigenvalue weighted by atomic mass is 10.2. The fourth-order valence-electron chi connectivity index (χ4n) is 2.57. The molecule has 1 aliphatic heterocycles. The second kappa shape index (κ2) is 8.35. The fourth-order valence-corrected chi connectivity index (χ4v) is 4.30. The van der Waals surface area contributed by atoms with Gasteiger partial charge in [-0.05, 0) is 42.5 Å². The molecule has 0 spiro atoms. The Balaban J connectivity index is 1.95. The van der Waals surface area contributed by atoms with Crippen molar-refractivity contribution in [3.8, 4) is 6.07 Å². The number of anilines is 1. The lowest BCUT2D eigenvalue weighted by molar-refractivity contribution is -0.117. The van der Waals surface area contributed by atoms with E-state index in [2.05, 4.69) is 15.3 Å². The van der Waals surface area contributed by atoms with E-state index in [0.29, 0.717) is 0 Å². The van der Waals surface area contributed by atoms with Crippen molar-refractivity contribution in [2.24, 2.45) is 15.3 Å². The average molecular weight is 500 g/mol. The Morgan fingerprint density at radius 1 is 1.13 bits per heavy atom. The monoisotopic (exact) mass is 499 g/mol. The van der Waals surface area contributed by atoms with Crippen molar-refractivity contribution < 1.29 is 21.6 Å². The Hall–Kier alpha value is -2.85. The molecular formula is C17H11Cl2N5O5S2. The van der Waals surface area contributed by atoms with Gasteiger partial charge >= 0.3 is 0 Å². The summed E-state index contributed by atoms with van der Waals surface area (Å²) in [5, 5.41) is 21.9. The molecule has 1 atom stereocenters. The van der Waals surface area contributed by atoms with Crippen molar-refractivity contribution in [3.05, 3.63) is 47.5 Å². The van der Waals surface area contributed by atoms with Gasteiger partial charge in [-0.2, -0.15) is 25.6 Å². The molecule has 3 rings (SSSR count). The molecule has 1 amide bonds. The van der Waals surface area contributed by atoms with E-state index >= 15 is 0 Å². The number of hydrazone groups is 1. The minimum Gasteiger partial charge on any atom is -0.269 e. The highest BCUT2D eigenvalue weighted by Crippen LogP contribution is 2.30. The third-order valence-corrected chi connectivity index (χ3v) is 6.74. The summed E-state index contributed by atoms with van der Waals surface area (Å²) in [5.74, 6) is -0.746. The maximum atomic E-state index is 12.7. The van der Waals surface area contributed by atoms with E-state index in [1.165, 1.54) is 42.5 Å². The van der Waals surface area contributed by atoms with Gasteiger partial charge in [0.1, 0.15) is 11.8 Å². The maximum Gasteiger partial charge on any atom is 0.281 e. The number of hydrogen-bond acceptors (Lipinski definition) is 9. The van der Waals surface area contributed by atoms with Crippen LogP contribution in [0.3, 0.4) is 0 Å². The van der Waals surface area contributed by atoms with Crippen LogP contribution in [-0.2, 0) is 23.7 Å². The van der Waals surface area contributed by atoms with Gasteiger partial charge in [-0.1, -0.05) is 11.6 Å². The van der Waals surface area contributed by atoms with Crippen molar-refractivity contribution >= 4 is 64.2 Å². The molecule has 1 unspecified atom stereocenters. The smallest absolute Gasteiger partial charge is 0.269 e. The number of amides is 1. The van der Waals surface area contributed by atoms with Gasteiger partial charge in [0, 0.05) is 22.0 Å². The first-order chi connectivity index (χ1) is 14.4. The van der Waals surface area contributed by atoms with E-state index in [9.17, 15) is 26.9 Å². The molecule has 31 heavy (non-hydrogen) atoms. The fraction of sp³-hybridized carbons (Fsp3) is 0.118. The van der Waals surface area contributed by atoms with Gasteiger partial charge in [0.25, 0.3) is 15.0 Å². The molecule has 14 heteroatoms. The van der Waals surface area contributed by atoms with Crippen molar-refractivity contribution in [1.29, 1.82) is 5.26 Å². The molecule has 0 radical (unpaired) electrons. The molecule has 160 valence electrons. The molecule has 0 aliphatic carbocycles. The molecule has 0 fully saturated rings. The standard InChI is InChI=1S/C17H11Cl2N5O5S2/c1-30(26,27)15-7-2-10(18)8-13(15)21-22-16-14(9-20)23-24(17(16)25)11-3-5-12(6-4-11)31(19,28)29/h2-8,16H,1H3. The lowest BCUT2D eigenvalue weighted by Gasteiger charge is -2.12. The second-order valence-electron chi connectivity index (χ2n) is 6.18. The highest BCUT2D eigenvalue weighted by atomic mass is 35.7. The molecule has 0 bridgehead atoms. The molecule has 2 aromatic carbocycles. The summed E-state index contributed by atoms with van der Waals surface area (Å²) in [6, 6.07) is 9.10. The first kappa shape index (κ1) is 22.8. The van der Waals surface area contributed by atoms with Crippen LogP contribution in [0.5, 0.6) is 0 Å². The van der Waals surface area contributed by atoms with Crippen molar-refractivity contribution in [2.75, 3.05) is 11.3 Å². The van der Waals surface area contributed by atoms with E-state index in [1.54, 1.807) is 6.07 Å². The zero-order valence-corrected chi connectivity index (χ0v) is 18.6. The average Bonchev–Trinajstić information content (AvgIpc) is 3.00. The summed E-state index contributed by atoms with van der Waals surface area (Å²) in [6.45, 7) is 0. The highest BCUT2D eigenvalue weighted by Gasteiger charge is 2.37. The number of nitriles is 1. The van der Waals surface area contributed by atoms with Gasteiger partial charge in [0.15, 0.2) is 15.5 Å². The van der Waals surface area contributed by atoms with E-state index in [4.69, 9.17) is 22.3 Å². The third-order valence-electron chi connectivity index (χ3n) is 3.99. The minimum absolute atomic E-state index is 0.102. The molecular weight excluding hydrogens is 489 g/mol. The molecule has 1 aliphatic rings. The van der Waals surface area contributed by atoms with Crippen LogP contribution >= 0.6 is 22.3 Å².